The van der Waals surface area contributed by atoms with Crippen LogP contribution >= 0.6 is 11.6 Å². The normalized spacial score (nSPS) is 15.1. The number of ether oxygens (including phenoxy) is 1. The zero-order valence-corrected chi connectivity index (χ0v) is 16.4. The van der Waals surface area contributed by atoms with E-state index in [-0.39, 0.29) is 18.2 Å². The summed E-state index contributed by atoms with van der Waals surface area (Å²) in [4.78, 5) is 20.1. The van der Waals surface area contributed by atoms with Crippen molar-refractivity contribution in [2.45, 2.75) is 12.5 Å². The highest BCUT2D eigenvalue weighted by Gasteiger charge is 2.26. The number of carbonyl (C=O) groups is 1. The predicted molar refractivity (Wildman–Crippen MR) is 109 cm³/mol. The van der Waals surface area contributed by atoms with Gasteiger partial charge in [0.2, 0.25) is 5.91 Å². The molecule has 152 valence electrons. The number of nitrogens with zero attached hydrogens (tertiary/aromatic N) is 2. The van der Waals surface area contributed by atoms with E-state index in [4.69, 9.17) is 16.3 Å². The lowest BCUT2D eigenvalue weighted by atomic mass is 10.0. The van der Waals surface area contributed by atoms with Crippen LogP contribution in [0, 0.1) is 11.6 Å². The number of nitrogens with one attached hydrogen (secondary N) is 1. The molecular weight excluding hydrogens is 412 g/mol. The van der Waals surface area contributed by atoms with Crippen LogP contribution in [0.25, 0.3) is 17.2 Å². The molecule has 0 radical (unpaired) electrons. The lowest BCUT2D eigenvalue weighted by Gasteiger charge is -2.11. The Labute approximate surface area is 176 Å². The molecule has 30 heavy (non-hydrogen) atoms. The van der Waals surface area contributed by atoms with Crippen molar-refractivity contribution in [2.75, 3.05) is 6.54 Å². The Bertz CT molecular complexity index is 1120. The second-order valence-electron chi connectivity index (χ2n) is 6.76. The van der Waals surface area contributed by atoms with Crippen molar-refractivity contribution in [2.24, 2.45) is 0 Å². The van der Waals surface area contributed by atoms with Gasteiger partial charge in [0.05, 0.1) is 11.6 Å². The molecule has 0 saturated heterocycles. The first-order chi connectivity index (χ1) is 14.5. The average Bonchev–Trinajstić information content (AvgIpc) is 3.17. The number of fused-ring (bicyclic) bond motifs is 1. The molecule has 1 aromatic heterocycles. The van der Waals surface area contributed by atoms with Gasteiger partial charge in [0, 0.05) is 41.6 Å². The van der Waals surface area contributed by atoms with Gasteiger partial charge in [0.15, 0.2) is 0 Å². The lowest BCUT2D eigenvalue weighted by molar-refractivity contribution is -0.116. The minimum Gasteiger partial charge on any atom is -0.486 e. The number of hydrogen-bond acceptors (Lipinski definition) is 4. The van der Waals surface area contributed by atoms with E-state index in [0.29, 0.717) is 17.2 Å². The summed E-state index contributed by atoms with van der Waals surface area (Å²) in [5, 5.41) is 3.17. The minimum absolute atomic E-state index is 0.00104. The fraction of sp³-hybridized carbons (Fsp3) is 0.136. The Morgan fingerprint density at radius 1 is 1.20 bits per heavy atom. The fourth-order valence-electron chi connectivity index (χ4n) is 3.20. The van der Waals surface area contributed by atoms with Crippen molar-refractivity contribution in [1.29, 1.82) is 0 Å². The predicted octanol–water partition coefficient (Wildman–Crippen LogP) is 4.21. The van der Waals surface area contributed by atoms with Crippen LogP contribution in [0.3, 0.4) is 0 Å². The topological polar surface area (TPSA) is 64.1 Å². The number of rotatable bonds is 5. The van der Waals surface area contributed by atoms with E-state index in [1.165, 1.54) is 12.4 Å². The first-order valence-electron chi connectivity index (χ1n) is 9.15. The highest BCUT2D eigenvalue weighted by molar-refractivity contribution is 6.32. The van der Waals surface area contributed by atoms with Gasteiger partial charge < -0.3 is 10.1 Å². The molecule has 0 spiro atoms. The number of halogens is 3. The van der Waals surface area contributed by atoms with Crippen molar-refractivity contribution in [1.82, 2.24) is 15.3 Å². The summed E-state index contributed by atoms with van der Waals surface area (Å²) in [6, 6.07) is 6.80. The smallest absolute Gasteiger partial charge is 0.244 e. The monoisotopic (exact) mass is 427 g/mol. The maximum atomic E-state index is 13.6. The summed E-state index contributed by atoms with van der Waals surface area (Å²) in [7, 11) is 0. The molecule has 1 atom stereocenters. The largest absolute Gasteiger partial charge is 0.486 e. The molecule has 3 aromatic rings. The number of amides is 1. The van der Waals surface area contributed by atoms with E-state index in [9.17, 15) is 13.6 Å². The van der Waals surface area contributed by atoms with Crippen LogP contribution in [-0.4, -0.2) is 28.5 Å². The van der Waals surface area contributed by atoms with Crippen LogP contribution in [0.5, 0.6) is 5.75 Å². The molecule has 1 N–H and O–H groups in total. The summed E-state index contributed by atoms with van der Waals surface area (Å²) >= 11 is 6.37. The molecule has 0 saturated carbocycles. The zero-order chi connectivity index (χ0) is 21.1. The van der Waals surface area contributed by atoms with Crippen molar-refractivity contribution in [3.63, 3.8) is 0 Å². The van der Waals surface area contributed by atoms with Crippen LogP contribution in [-0.2, 0) is 11.2 Å². The molecule has 8 heteroatoms. The summed E-state index contributed by atoms with van der Waals surface area (Å²) in [5.74, 6) is -1.03. The lowest BCUT2D eigenvalue weighted by Crippen LogP contribution is -2.33. The van der Waals surface area contributed by atoms with Gasteiger partial charge >= 0.3 is 0 Å². The maximum absolute atomic E-state index is 13.6. The highest BCUT2D eigenvalue weighted by atomic mass is 35.5. The van der Waals surface area contributed by atoms with E-state index in [0.717, 1.165) is 41.0 Å². The molecule has 5 nitrogen and oxygen atoms in total. The number of benzene rings is 2. The van der Waals surface area contributed by atoms with Crippen molar-refractivity contribution in [3.05, 3.63) is 82.9 Å². The summed E-state index contributed by atoms with van der Waals surface area (Å²) < 4.78 is 32.7. The SMILES string of the molecule is O=C(/C=C/c1cc(F)ccc1F)NCC1Cc2cc(-c3cncnc3)cc(Cl)c2O1. The molecule has 0 fully saturated rings. The van der Waals surface area contributed by atoms with Gasteiger partial charge in [-0.05, 0) is 42.0 Å². The van der Waals surface area contributed by atoms with Crippen molar-refractivity contribution >= 4 is 23.6 Å². The maximum Gasteiger partial charge on any atom is 0.244 e. The third kappa shape index (κ3) is 4.46. The van der Waals surface area contributed by atoms with E-state index in [1.807, 2.05) is 6.07 Å². The van der Waals surface area contributed by atoms with Gasteiger partial charge in [-0.15, -0.1) is 0 Å². The van der Waals surface area contributed by atoms with E-state index < -0.39 is 17.5 Å². The van der Waals surface area contributed by atoms with Crippen molar-refractivity contribution < 1.29 is 18.3 Å². The Morgan fingerprint density at radius 3 is 2.80 bits per heavy atom. The van der Waals surface area contributed by atoms with Gasteiger partial charge in [-0.25, -0.2) is 18.7 Å². The standard InChI is InChI=1S/C22H16ClF2N3O2/c23-19-8-14(16-9-26-12-27-10-16)5-15-7-18(30-22(15)19)11-28-21(29)4-1-13-6-17(24)2-3-20(13)25/h1-6,8-10,12,18H,7,11H2,(H,28,29)/b4-1+. The Hall–Kier alpha value is -3.32. The molecule has 1 aliphatic heterocycles. The van der Waals surface area contributed by atoms with Crippen LogP contribution < -0.4 is 10.1 Å². The Kier molecular flexibility index (Phi) is 5.72. The average molecular weight is 428 g/mol. The molecule has 2 heterocycles. The highest BCUT2D eigenvalue weighted by Crippen LogP contribution is 2.39. The van der Waals surface area contributed by atoms with Gasteiger partial charge in [0.25, 0.3) is 0 Å². The van der Waals surface area contributed by atoms with Crippen LogP contribution in [0.4, 0.5) is 8.78 Å². The van der Waals surface area contributed by atoms with Crippen molar-refractivity contribution in [3.8, 4) is 16.9 Å². The first kappa shape index (κ1) is 20.0. The second kappa shape index (κ2) is 8.59. The Balaban J connectivity index is 1.38. The summed E-state index contributed by atoms with van der Waals surface area (Å²) in [6.07, 6.45) is 7.52. The van der Waals surface area contributed by atoms with E-state index in [1.54, 1.807) is 18.5 Å². The molecular formula is C22H16ClF2N3O2. The fourth-order valence-corrected chi connectivity index (χ4v) is 3.48. The molecule has 0 aliphatic carbocycles. The number of aromatic nitrogens is 2. The summed E-state index contributed by atoms with van der Waals surface area (Å²) in [5.41, 5.74) is 2.65. The van der Waals surface area contributed by atoms with Crippen LogP contribution in [0.2, 0.25) is 5.02 Å². The van der Waals surface area contributed by atoms with Crippen LogP contribution in [0.1, 0.15) is 11.1 Å². The van der Waals surface area contributed by atoms with Gasteiger partial charge in [-0.1, -0.05) is 11.6 Å². The first-order valence-corrected chi connectivity index (χ1v) is 9.53. The second-order valence-corrected chi connectivity index (χ2v) is 7.17. The quantitative estimate of drug-likeness (QED) is 0.619. The van der Waals surface area contributed by atoms with Gasteiger partial charge in [-0.2, -0.15) is 0 Å². The van der Waals surface area contributed by atoms with E-state index in [2.05, 4.69) is 15.3 Å². The third-order valence-electron chi connectivity index (χ3n) is 4.62. The molecule has 1 aliphatic rings. The minimum atomic E-state index is -0.607. The van der Waals surface area contributed by atoms with Gasteiger partial charge in [0.1, 0.15) is 29.8 Å². The molecule has 0 bridgehead atoms. The Morgan fingerprint density at radius 2 is 2.00 bits per heavy atom. The zero-order valence-electron chi connectivity index (χ0n) is 15.6. The van der Waals surface area contributed by atoms with E-state index >= 15 is 0 Å². The molecule has 1 unspecified atom stereocenters. The molecule has 1 amide bonds. The number of carbonyl (C=O) groups excluding carboxylic acids is 1. The third-order valence-corrected chi connectivity index (χ3v) is 4.90. The molecule has 2 aromatic carbocycles. The summed E-state index contributed by atoms with van der Waals surface area (Å²) in [6.45, 7) is 0.240. The molecule has 4 rings (SSSR count). The number of hydrogen-bond donors (Lipinski definition) is 1. The van der Waals surface area contributed by atoms with Crippen LogP contribution in [0.15, 0.2) is 55.1 Å². The van der Waals surface area contributed by atoms with Gasteiger partial charge in [-0.3, -0.25) is 4.79 Å².